The molecule has 1 atom stereocenters. The monoisotopic (exact) mass is 251 g/mol. The molecule has 4 nitrogen and oxygen atoms in total. The number of para-hydroxylation sites is 2. The molecule has 0 bridgehead atoms. The lowest BCUT2D eigenvalue weighted by molar-refractivity contribution is -0.114. The summed E-state index contributed by atoms with van der Waals surface area (Å²) in [4.78, 5) is 11.0. The second kappa shape index (κ2) is 6.40. The molecule has 1 aromatic rings. The highest BCUT2D eigenvalue weighted by molar-refractivity contribution is 5.90. The zero-order chi connectivity index (χ0) is 13.6. The van der Waals surface area contributed by atoms with Crippen molar-refractivity contribution < 1.29 is 14.3 Å². The van der Waals surface area contributed by atoms with Crippen LogP contribution in [-0.4, -0.2) is 24.7 Å². The molecule has 0 aromatic heterocycles. The molecule has 1 aromatic carbocycles. The third-order valence-corrected chi connectivity index (χ3v) is 2.37. The van der Waals surface area contributed by atoms with Gasteiger partial charge in [-0.2, -0.15) is 0 Å². The summed E-state index contributed by atoms with van der Waals surface area (Å²) in [6.45, 7) is 8.70. The molecular weight excluding hydrogens is 230 g/mol. The van der Waals surface area contributed by atoms with E-state index >= 15 is 0 Å². The average Bonchev–Trinajstić information content (AvgIpc) is 3.09. The molecule has 1 amide bonds. The molecule has 0 radical (unpaired) electrons. The fourth-order valence-corrected chi connectivity index (χ4v) is 1.32. The maximum Gasteiger partial charge on any atom is 0.221 e. The number of hydrogen-bond donors (Lipinski definition) is 1. The number of carbonyl (C=O) groups is 1. The molecule has 0 saturated carbocycles. The fraction of sp³-hybridized carbons (Fsp3) is 0.500. The van der Waals surface area contributed by atoms with Crippen LogP contribution in [0.15, 0.2) is 24.3 Å². The number of hydrogen-bond acceptors (Lipinski definition) is 3. The van der Waals surface area contributed by atoms with E-state index in [1.807, 2.05) is 45.0 Å². The van der Waals surface area contributed by atoms with Crippen LogP contribution in [0, 0.1) is 0 Å². The Kier molecular flexibility index (Phi) is 5.16. The van der Waals surface area contributed by atoms with Gasteiger partial charge in [-0.1, -0.05) is 26.0 Å². The molecule has 2 rings (SSSR count). The SMILES string of the molecule is CC.CC(=O)Nc1ccccc1OCC1(C)CO1. The third kappa shape index (κ3) is 4.37. The van der Waals surface area contributed by atoms with Crippen molar-refractivity contribution in [1.29, 1.82) is 0 Å². The highest BCUT2D eigenvalue weighted by atomic mass is 16.6. The summed E-state index contributed by atoms with van der Waals surface area (Å²) in [5, 5.41) is 2.73. The predicted molar refractivity (Wildman–Crippen MR) is 71.9 cm³/mol. The summed E-state index contributed by atoms with van der Waals surface area (Å²) >= 11 is 0. The van der Waals surface area contributed by atoms with Gasteiger partial charge in [0.15, 0.2) is 0 Å². The second-order valence-corrected chi connectivity index (χ2v) is 4.20. The van der Waals surface area contributed by atoms with Gasteiger partial charge in [0.05, 0.1) is 12.3 Å². The highest BCUT2D eigenvalue weighted by Crippen LogP contribution is 2.29. The van der Waals surface area contributed by atoms with Crippen molar-refractivity contribution >= 4 is 11.6 Å². The summed E-state index contributed by atoms with van der Waals surface area (Å²) in [7, 11) is 0. The Labute approximate surface area is 108 Å². The summed E-state index contributed by atoms with van der Waals surface area (Å²) in [5.41, 5.74) is 0.544. The van der Waals surface area contributed by atoms with Crippen LogP contribution in [0.4, 0.5) is 5.69 Å². The van der Waals surface area contributed by atoms with Gasteiger partial charge in [0, 0.05) is 6.92 Å². The Hall–Kier alpha value is -1.55. The molecule has 4 heteroatoms. The van der Waals surface area contributed by atoms with Gasteiger partial charge >= 0.3 is 0 Å². The first-order chi connectivity index (χ1) is 8.59. The maximum atomic E-state index is 11.0. The van der Waals surface area contributed by atoms with E-state index in [4.69, 9.17) is 9.47 Å². The van der Waals surface area contributed by atoms with Crippen LogP contribution in [0.1, 0.15) is 27.7 Å². The Morgan fingerprint density at radius 1 is 1.44 bits per heavy atom. The smallest absolute Gasteiger partial charge is 0.221 e. The lowest BCUT2D eigenvalue weighted by Crippen LogP contribution is -2.18. The first-order valence-corrected chi connectivity index (χ1v) is 6.22. The van der Waals surface area contributed by atoms with E-state index in [0.717, 1.165) is 6.61 Å². The van der Waals surface area contributed by atoms with Gasteiger partial charge in [0.1, 0.15) is 18.0 Å². The molecule has 1 unspecified atom stereocenters. The number of benzene rings is 1. The minimum Gasteiger partial charge on any atom is -0.488 e. The van der Waals surface area contributed by atoms with E-state index in [0.29, 0.717) is 18.0 Å². The Morgan fingerprint density at radius 2 is 2.06 bits per heavy atom. The number of anilines is 1. The van der Waals surface area contributed by atoms with E-state index in [-0.39, 0.29) is 11.5 Å². The van der Waals surface area contributed by atoms with Crippen molar-refractivity contribution in [2.24, 2.45) is 0 Å². The summed E-state index contributed by atoms with van der Waals surface area (Å²) in [6.07, 6.45) is 0. The first kappa shape index (κ1) is 14.5. The van der Waals surface area contributed by atoms with E-state index in [9.17, 15) is 4.79 Å². The van der Waals surface area contributed by atoms with Crippen LogP contribution >= 0.6 is 0 Å². The largest absolute Gasteiger partial charge is 0.488 e. The topological polar surface area (TPSA) is 50.9 Å². The Bertz CT molecular complexity index is 400. The molecule has 0 spiro atoms. The highest BCUT2D eigenvalue weighted by Gasteiger charge is 2.40. The molecule has 1 aliphatic rings. The fourth-order valence-electron chi connectivity index (χ4n) is 1.32. The summed E-state index contributed by atoms with van der Waals surface area (Å²) < 4.78 is 10.9. The van der Waals surface area contributed by atoms with Crippen LogP contribution in [-0.2, 0) is 9.53 Å². The van der Waals surface area contributed by atoms with Gasteiger partial charge < -0.3 is 14.8 Å². The maximum absolute atomic E-state index is 11.0. The van der Waals surface area contributed by atoms with Crippen LogP contribution in [0.5, 0.6) is 5.75 Å². The van der Waals surface area contributed by atoms with Crippen molar-refractivity contribution in [3.63, 3.8) is 0 Å². The zero-order valence-corrected chi connectivity index (χ0v) is 11.4. The minimum absolute atomic E-state index is 0.107. The van der Waals surface area contributed by atoms with Crippen molar-refractivity contribution in [3.05, 3.63) is 24.3 Å². The Morgan fingerprint density at radius 3 is 2.61 bits per heavy atom. The van der Waals surface area contributed by atoms with Crippen molar-refractivity contribution in [3.8, 4) is 5.75 Å². The second-order valence-electron chi connectivity index (χ2n) is 4.20. The van der Waals surface area contributed by atoms with Crippen molar-refractivity contribution in [2.45, 2.75) is 33.3 Å². The quantitative estimate of drug-likeness (QED) is 0.837. The number of epoxide rings is 1. The van der Waals surface area contributed by atoms with Crippen LogP contribution < -0.4 is 10.1 Å². The number of ether oxygens (including phenoxy) is 2. The van der Waals surface area contributed by atoms with E-state index < -0.39 is 0 Å². The normalized spacial score (nSPS) is 20.4. The molecule has 18 heavy (non-hydrogen) atoms. The molecule has 1 N–H and O–H groups in total. The van der Waals surface area contributed by atoms with Crippen molar-refractivity contribution in [1.82, 2.24) is 0 Å². The molecule has 1 heterocycles. The molecule has 1 saturated heterocycles. The van der Waals surface area contributed by atoms with Gasteiger partial charge in [-0.3, -0.25) is 4.79 Å². The van der Waals surface area contributed by atoms with Gasteiger partial charge in [-0.15, -0.1) is 0 Å². The molecular formula is C14H21NO3. The molecule has 0 aliphatic carbocycles. The molecule has 100 valence electrons. The first-order valence-electron chi connectivity index (χ1n) is 6.22. The third-order valence-electron chi connectivity index (χ3n) is 2.37. The minimum atomic E-state index is -0.149. The van der Waals surface area contributed by atoms with Gasteiger partial charge in [0.25, 0.3) is 0 Å². The summed E-state index contributed by atoms with van der Waals surface area (Å²) in [6, 6.07) is 7.37. The van der Waals surface area contributed by atoms with Crippen molar-refractivity contribution in [2.75, 3.05) is 18.5 Å². The van der Waals surface area contributed by atoms with Crippen LogP contribution in [0.25, 0.3) is 0 Å². The van der Waals surface area contributed by atoms with Gasteiger partial charge in [-0.05, 0) is 19.1 Å². The van der Waals surface area contributed by atoms with Gasteiger partial charge in [-0.25, -0.2) is 0 Å². The number of nitrogens with one attached hydrogen (secondary N) is 1. The van der Waals surface area contributed by atoms with Crippen LogP contribution in [0.3, 0.4) is 0 Å². The zero-order valence-electron chi connectivity index (χ0n) is 11.4. The average molecular weight is 251 g/mol. The lowest BCUT2D eigenvalue weighted by atomic mass is 10.2. The predicted octanol–water partition coefficient (Wildman–Crippen LogP) is 2.84. The lowest BCUT2D eigenvalue weighted by Gasteiger charge is -2.12. The molecule has 1 aliphatic heterocycles. The summed E-state index contributed by atoms with van der Waals surface area (Å²) in [5.74, 6) is 0.569. The standard InChI is InChI=1S/C12H15NO3.C2H6/c1-9(14)13-10-5-3-4-6-11(10)15-7-12(2)8-16-12;1-2/h3-6H,7-8H2,1-2H3,(H,13,14);1-2H3. The van der Waals surface area contributed by atoms with E-state index in [1.54, 1.807) is 0 Å². The van der Waals surface area contributed by atoms with Crippen LogP contribution in [0.2, 0.25) is 0 Å². The van der Waals surface area contributed by atoms with E-state index in [2.05, 4.69) is 5.32 Å². The number of carbonyl (C=O) groups excluding carboxylic acids is 1. The Balaban J connectivity index is 0.000000771. The number of amides is 1. The number of rotatable bonds is 4. The molecule has 1 fully saturated rings. The van der Waals surface area contributed by atoms with E-state index in [1.165, 1.54) is 6.92 Å². The van der Waals surface area contributed by atoms with Gasteiger partial charge in [0.2, 0.25) is 5.91 Å².